The van der Waals surface area contributed by atoms with Crippen molar-refractivity contribution in [2.75, 3.05) is 6.61 Å². The topological polar surface area (TPSA) is 35.5 Å². The standard InChI is InChI=1S/C20H36O3Si/c1-14-9-10-17-19(3,4)18(23-24(6,7)8)11-12-20(17,5)16(14)13-22-15(2)21/h16-18H,1,9-13H2,2-8H3/t16-,17-,18-,20+/m0/s1. The van der Waals surface area contributed by atoms with Crippen LogP contribution in [0.5, 0.6) is 0 Å². The molecule has 0 aromatic carbocycles. The van der Waals surface area contributed by atoms with E-state index in [1.54, 1.807) is 0 Å². The van der Waals surface area contributed by atoms with E-state index in [4.69, 9.17) is 9.16 Å². The Kier molecular flexibility index (Phi) is 5.42. The molecule has 2 rings (SSSR count). The van der Waals surface area contributed by atoms with Gasteiger partial charge in [0.1, 0.15) is 0 Å². The molecular formula is C20H36O3Si. The van der Waals surface area contributed by atoms with Gasteiger partial charge in [-0.05, 0) is 62.1 Å². The zero-order valence-corrected chi connectivity index (χ0v) is 17.7. The molecule has 0 aromatic heterocycles. The van der Waals surface area contributed by atoms with Gasteiger partial charge in [-0.15, -0.1) is 0 Å². The highest BCUT2D eigenvalue weighted by Gasteiger charge is 2.57. The second-order valence-electron chi connectivity index (χ2n) is 9.69. The number of hydrogen-bond donors (Lipinski definition) is 0. The van der Waals surface area contributed by atoms with E-state index in [9.17, 15) is 4.79 Å². The molecule has 0 aliphatic heterocycles. The molecule has 0 spiro atoms. The van der Waals surface area contributed by atoms with Gasteiger partial charge in [-0.1, -0.05) is 32.9 Å². The van der Waals surface area contributed by atoms with Crippen molar-refractivity contribution >= 4 is 14.3 Å². The Bertz CT molecular complexity index is 506. The monoisotopic (exact) mass is 352 g/mol. The molecule has 4 heteroatoms. The van der Waals surface area contributed by atoms with Crippen molar-refractivity contribution < 1.29 is 14.0 Å². The molecule has 0 bridgehead atoms. The fourth-order valence-electron chi connectivity index (χ4n) is 5.30. The third-order valence-corrected chi connectivity index (χ3v) is 7.45. The molecule has 0 radical (unpaired) electrons. The first-order valence-electron chi connectivity index (χ1n) is 9.37. The second-order valence-corrected chi connectivity index (χ2v) is 14.1. The second kappa shape index (κ2) is 6.60. The minimum Gasteiger partial charge on any atom is -0.465 e. The van der Waals surface area contributed by atoms with Crippen LogP contribution in [-0.4, -0.2) is 27.0 Å². The molecule has 0 saturated heterocycles. The predicted molar refractivity (Wildman–Crippen MR) is 101 cm³/mol. The van der Waals surface area contributed by atoms with Gasteiger partial charge < -0.3 is 9.16 Å². The summed E-state index contributed by atoms with van der Waals surface area (Å²) in [6.45, 7) is 20.3. The zero-order valence-electron chi connectivity index (χ0n) is 16.7. The first-order chi connectivity index (χ1) is 10.9. The highest BCUT2D eigenvalue weighted by Crippen LogP contribution is 2.61. The Hall–Kier alpha value is -0.613. The van der Waals surface area contributed by atoms with Crippen molar-refractivity contribution in [1.29, 1.82) is 0 Å². The minimum atomic E-state index is -1.56. The van der Waals surface area contributed by atoms with Gasteiger partial charge in [-0.3, -0.25) is 4.79 Å². The maximum Gasteiger partial charge on any atom is 0.302 e. The van der Waals surface area contributed by atoms with E-state index in [1.165, 1.54) is 18.9 Å². The van der Waals surface area contributed by atoms with Crippen molar-refractivity contribution in [1.82, 2.24) is 0 Å². The summed E-state index contributed by atoms with van der Waals surface area (Å²) in [6, 6.07) is 0. The highest BCUT2D eigenvalue weighted by atomic mass is 28.4. The number of fused-ring (bicyclic) bond motifs is 1. The van der Waals surface area contributed by atoms with Crippen molar-refractivity contribution in [3.63, 3.8) is 0 Å². The van der Waals surface area contributed by atoms with E-state index in [2.05, 4.69) is 47.0 Å². The fourth-order valence-corrected chi connectivity index (χ4v) is 6.57. The molecule has 4 atom stereocenters. The van der Waals surface area contributed by atoms with Crippen LogP contribution < -0.4 is 0 Å². The molecule has 0 unspecified atom stereocenters. The van der Waals surface area contributed by atoms with Crippen molar-refractivity contribution in [3.05, 3.63) is 12.2 Å². The van der Waals surface area contributed by atoms with E-state index >= 15 is 0 Å². The average molecular weight is 353 g/mol. The van der Waals surface area contributed by atoms with Crippen LogP contribution in [0.15, 0.2) is 12.2 Å². The van der Waals surface area contributed by atoms with Crippen LogP contribution in [0.1, 0.15) is 53.4 Å². The van der Waals surface area contributed by atoms with Gasteiger partial charge in [-0.2, -0.15) is 0 Å². The van der Waals surface area contributed by atoms with Crippen molar-refractivity contribution in [2.24, 2.45) is 22.7 Å². The summed E-state index contributed by atoms with van der Waals surface area (Å²) >= 11 is 0. The molecule has 3 nitrogen and oxygen atoms in total. The number of hydrogen-bond acceptors (Lipinski definition) is 3. The Morgan fingerprint density at radius 1 is 1.25 bits per heavy atom. The Balaban J connectivity index is 2.26. The summed E-state index contributed by atoms with van der Waals surface area (Å²) in [7, 11) is -1.56. The van der Waals surface area contributed by atoms with Gasteiger partial charge in [0.25, 0.3) is 0 Å². The molecule has 2 saturated carbocycles. The van der Waals surface area contributed by atoms with Crippen LogP contribution in [0.2, 0.25) is 19.6 Å². The number of esters is 1. The van der Waals surface area contributed by atoms with Crippen LogP contribution in [0, 0.1) is 22.7 Å². The van der Waals surface area contributed by atoms with Gasteiger partial charge in [0, 0.05) is 12.8 Å². The van der Waals surface area contributed by atoms with E-state index in [1.807, 2.05) is 0 Å². The molecule has 0 amide bonds. The SMILES string of the molecule is C=C1CC[C@H]2C(C)(C)[C@@H](O[Si](C)(C)C)CC[C@]2(C)[C@H]1COC(C)=O. The lowest BCUT2D eigenvalue weighted by Crippen LogP contribution is -2.57. The Morgan fingerprint density at radius 2 is 1.88 bits per heavy atom. The van der Waals surface area contributed by atoms with Crippen molar-refractivity contribution in [2.45, 2.75) is 79.1 Å². The molecule has 138 valence electrons. The summed E-state index contributed by atoms with van der Waals surface area (Å²) in [5.41, 5.74) is 1.55. The molecular weight excluding hydrogens is 316 g/mol. The Morgan fingerprint density at radius 3 is 2.42 bits per heavy atom. The summed E-state index contributed by atoms with van der Waals surface area (Å²) in [6.07, 6.45) is 4.76. The van der Waals surface area contributed by atoms with Crippen molar-refractivity contribution in [3.8, 4) is 0 Å². The number of carbonyl (C=O) groups is 1. The third kappa shape index (κ3) is 3.80. The quantitative estimate of drug-likeness (QED) is 0.397. The van der Waals surface area contributed by atoms with Gasteiger partial charge in [-0.25, -0.2) is 0 Å². The van der Waals surface area contributed by atoms with E-state index in [0.717, 1.165) is 19.3 Å². The third-order valence-electron chi connectivity index (χ3n) is 6.46. The van der Waals surface area contributed by atoms with Gasteiger partial charge in [0.2, 0.25) is 0 Å². The normalized spacial score (nSPS) is 36.1. The van der Waals surface area contributed by atoms with E-state index in [-0.39, 0.29) is 22.7 Å². The zero-order chi connectivity index (χ0) is 18.3. The van der Waals surface area contributed by atoms with Gasteiger partial charge in [0.15, 0.2) is 8.32 Å². The molecule has 2 aliphatic carbocycles. The number of ether oxygens (including phenoxy) is 1. The van der Waals surface area contributed by atoms with Crippen LogP contribution in [0.4, 0.5) is 0 Å². The summed E-state index contributed by atoms with van der Waals surface area (Å²) in [4.78, 5) is 11.3. The van der Waals surface area contributed by atoms with Crippen LogP contribution in [0.3, 0.4) is 0 Å². The van der Waals surface area contributed by atoms with Crippen LogP contribution in [-0.2, 0) is 14.0 Å². The molecule has 0 heterocycles. The maximum absolute atomic E-state index is 11.3. The Labute approximate surface area is 149 Å². The number of rotatable bonds is 4. The maximum atomic E-state index is 11.3. The number of carbonyl (C=O) groups excluding carboxylic acids is 1. The van der Waals surface area contributed by atoms with Gasteiger partial charge in [0.05, 0.1) is 12.7 Å². The van der Waals surface area contributed by atoms with Crippen LogP contribution in [0.25, 0.3) is 0 Å². The lowest BCUT2D eigenvalue weighted by Gasteiger charge is -2.60. The summed E-state index contributed by atoms with van der Waals surface area (Å²) < 4.78 is 12.0. The summed E-state index contributed by atoms with van der Waals surface area (Å²) in [5, 5.41) is 0. The molecule has 2 aliphatic rings. The lowest BCUT2D eigenvalue weighted by atomic mass is 9.47. The largest absolute Gasteiger partial charge is 0.465 e. The lowest BCUT2D eigenvalue weighted by molar-refractivity contribution is -0.151. The van der Waals surface area contributed by atoms with Gasteiger partial charge >= 0.3 is 5.97 Å². The molecule has 2 fully saturated rings. The van der Waals surface area contributed by atoms with E-state index < -0.39 is 8.32 Å². The first-order valence-corrected chi connectivity index (χ1v) is 12.8. The predicted octanol–water partition coefficient (Wildman–Crippen LogP) is 5.18. The van der Waals surface area contributed by atoms with E-state index in [0.29, 0.717) is 18.6 Å². The average Bonchev–Trinajstić information content (AvgIpc) is 2.40. The highest BCUT2D eigenvalue weighted by molar-refractivity contribution is 6.69. The summed E-state index contributed by atoms with van der Waals surface area (Å²) in [5.74, 6) is 0.655. The smallest absolute Gasteiger partial charge is 0.302 e. The molecule has 24 heavy (non-hydrogen) atoms. The molecule has 0 aromatic rings. The fraction of sp³-hybridized carbons (Fsp3) is 0.850. The van der Waals surface area contributed by atoms with Crippen LogP contribution >= 0.6 is 0 Å². The first kappa shape index (κ1) is 19.7. The minimum absolute atomic E-state index is 0.141. The molecule has 0 N–H and O–H groups in total.